The summed E-state index contributed by atoms with van der Waals surface area (Å²) in [7, 11) is -3.47. The number of nitrogens with zero attached hydrogens (tertiary/aromatic N) is 3. The predicted octanol–water partition coefficient (Wildman–Crippen LogP) is 2.41. The molecule has 2 unspecified atom stereocenters. The van der Waals surface area contributed by atoms with E-state index in [4.69, 9.17) is 0 Å². The Bertz CT molecular complexity index is 1020. The Morgan fingerprint density at radius 2 is 2.00 bits per heavy atom. The van der Waals surface area contributed by atoms with Crippen molar-refractivity contribution in [3.05, 3.63) is 29.8 Å². The minimum atomic E-state index is -3.47. The number of hydrogen-bond donors (Lipinski definition) is 2. The number of carbonyl (C=O) groups is 2. The van der Waals surface area contributed by atoms with Crippen molar-refractivity contribution in [3.63, 3.8) is 0 Å². The molecule has 0 aliphatic carbocycles. The van der Waals surface area contributed by atoms with Crippen LogP contribution >= 0.6 is 11.3 Å². The van der Waals surface area contributed by atoms with E-state index < -0.39 is 15.9 Å². The monoisotopic (exact) mass is 437 g/mol. The van der Waals surface area contributed by atoms with Crippen molar-refractivity contribution in [3.8, 4) is 0 Å². The molecule has 0 spiro atoms. The van der Waals surface area contributed by atoms with Gasteiger partial charge >= 0.3 is 0 Å². The van der Waals surface area contributed by atoms with E-state index in [-0.39, 0.29) is 35.0 Å². The van der Waals surface area contributed by atoms with Crippen LogP contribution in [0.1, 0.15) is 38.2 Å². The Balaban J connectivity index is 1.70. The second-order valence-corrected chi connectivity index (χ2v) is 9.78. The van der Waals surface area contributed by atoms with E-state index in [1.165, 1.54) is 0 Å². The van der Waals surface area contributed by atoms with E-state index in [0.29, 0.717) is 5.92 Å². The third-order valence-electron chi connectivity index (χ3n) is 4.79. The van der Waals surface area contributed by atoms with Crippen LogP contribution in [0.5, 0.6) is 0 Å². The van der Waals surface area contributed by atoms with Gasteiger partial charge in [-0.1, -0.05) is 43.4 Å². The number of benzene rings is 1. The van der Waals surface area contributed by atoms with Gasteiger partial charge in [-0.15, -0.1) is 10.2 Å². The van der Waals surface area contributed by atoms with Crippen LogP contribution in [-0.4, -0.2) is 43.2 Å². The van der Waals surface area contributed by atoms with Crippen molar-refractivity contribution in [2.75, 3.05) is 27.7 Å². The highest BCUT2D eigenvalue weighted by Crippen LogP contribution is 2.34. The van der Waals surface area contributed by atoms with Gasteiger partial charge in [0.25, 0.3) is 0 Å². The lowest BCUT2D eigenvalue weighted by atomic mass is 9.96. The molecule has 29 heavy (non-hydrogen) atoms. The average molecular weight is 438 g/mol. The molecule has 156 valence electrons. The maximum Gasteiger partial charge on any atom is 0.231 e. The Labute approximate surface area is 173 Å². The molecule has 2 N–H and O–H groups in total. The second kappa shape index (κ2) is 8.46. The molecular weight excluding hydrogens is 414 g/mol. The summed E-state index contributed by atoms with van der Waals surface area (Å²) in [5.41, 5.74) is 1.93. The molecule has 11 heteroatoms. The lowest BCUT2D eigenvalue weighted by Gasteiger charge is -2.23. The number of anilines is 3. The molecule has 1 aliphatic rings. The number of rotatable bonds is 7. The number of aromatic nitrogens is 2. The summed E-state index contributed by atoms with van der Waals surface area (Å²) in [5, 5.41) is 10.3. The topological polar surface area (TPSA) is 121 Å². The van der Waals surface area contributed by atoms with Gasteiger partial charge in [0.1, 0.15) is 0 Å². The van der Waals surface area contributed by atoms with E-state index in [2.05, 4.69) is 34.1 Å². The minimum Gasteiger partial charge on any atom is -0.311 e. The van der Waals surface area contributed by atoms with Gasteiger partial charge in [-0.25, -0.2) is 8.42 Å². The second-order valence-electron chi connectivity index (χ2n) is 7.05. The molecular formula is C18H23N5O4S2. The van der Waals surface area contributed by atoms with Crippen molar-refractivity contribution < 1.29 is 18.0 Å². The van der Waals surface area contributed by atoms with Gasteiger partial charge in [0.15, 0.2) is 0 Å². The number of para-hydroxylation sites is 1. The molecule has 1 aromatic carbocycles. The highest BCUT2D eigenvalue weighted by Gasteiger charge is 2.36. The third-order valence-corrected chi connectivity index (χ3v) is 6.24. The number of hydrogen-bond acceptors (Lipinski definition) is 7. The maximum atomic E-state index is 12.6. The van der Waals surface area contributed by atoms with Crippen molar-refractivity contribution >= 4 is 49.1 Å². The summed E-state index contributed by atoms with van der Waals surface area (Å²) in [6.45, 7) is 4.49. The first-order valence-electron chi connectivity index (χ1n) is 9.19. The summed E-state index contributed by atoms with van der Waals surface area (Å²) >= 11 is 0.911. The minimum absolute atomic E-state index is 0.0643. The first-order valence-corrected chi connectivity index (χ1v) is 11.9. The molecule has 1 aliphatic heterocycles. The van der Waals surface area contributed by atoms with Gasteiger partial charge in [-0.2, -0.15) is 0 Å². The molecule has 3 rings (SSSR count). The van der Waals surface area contributed by atoms with Crippen LogP contribution in [0.25, 0.3) is 0 Å². The lowest BCUT2D eigenvalue weighted by molar-refractivity contribution is -0.122. The summed E-state index contributed by atoms with van der Waals surface area (Å²) in [4.78, 5) is 26.9. The Morgan fingerprint density at radius 3 is 2.69 bits per heavy atom. The molecule has 0 radical (unpaired) electrons. The van der Waals surface area contributed by atoms with Gasteiger partial charge in [0.05, 0.1) is 12.2 Å². The van der Waals surface area contributed by atoms with Gasteiger partial charge in [-0.3, -0.25) is 14.3 Å². The van der Waals surface area contributed by atoms with Gasteiger partial charge in [0.2, 0.25) is 32.1 Å². The van der Waals surface area contributed by atoms with Crippen molar-refractivity contribution in [1.82, 2.24) is 10.2 Å². The molecule has 2 heterocycles. The number of sulfonamides is 1. The first kappa shape index (κ1) is 21.2. The highest BCUT2D eigenvalue weighted by molar-refractivity contribution is 7.92. The molecule has 2 aromatic rings. The number of carbonyl (C=O) groups excluding carboxylic acids is 2. The van der Waals surface area contributed by atoms with E-state index in [1.54, 1.807) is 4.90 Å². The molecule has 2 amide bonds. The SMILES string of the molecule is CCC(C)c1ccccc1N1CC(C(=O)Nc2nnc(NS(C)(=O)=O)s2)CC1=O. The molecule has 2 atom stereocenters. The summed E-state index contributed by atoms with van der Waals surface area (Å²) < 4.78 is 24.7. The normalized spacial score (nSPS) is 18.0. The molecule has 0 saturated carbocycles. The lowest BCUT2D eigenvalue weighted by Crippen LogP contribution is -2.29. The van der Waals surface area contributed by atoms with Crippen LogP contribution in [0.15, 0.2) is 24.3 Å². The van der Waals surface area contributed by atoms with Crippen molar-refractivity contribution in [2.24, 2.45) is 5.92 Å². The number of amides is 2. The van der Waals surface area contributed by atoms with E-state index in [9.17, 15) is 18.0 Å². The van der Waals surface area contributed by atoms with Gasteiger partial charge in [0, 0.05) is 18.7 Å². The van der Waals surface area contributed by atoms with E-state index in [1.807, 2.05) is 24.3 Å². The fraction of sp³-hybridized carbons (Fsp3) is 0.444. The fourth-order valence-corrected chi connectivity index (χ4v) is 4.64. The smallest absolute Gasteiger partial charge is 0.231 e. The molecule has 1 fully saturated rings. The largest absolute Gasteiger partial charge is 0.311 e. The fourth-order valence-electron chi connectivity index (χ4n) is 3.17. The molecule has 0 bridgehead atoms. The summed E-state index contributed by atoms with van der Waals surface area (Å²) in [5.74, 6) is -0.668. The quantitative estimate of drug-likeness (QED) is 0.686. The van der Waals surface area contributed by atoms with Crippen LogP contribution in [-0.2, 0) is 19.6 Å². The standard InChI is InChI=1S/C18H23N5O4S2/c1-4-11(2)13-7-5-6-8-14(13)23-10-12(9-15(23)24)16(25)19-17-20-21-18(28-17)22-29(3,26)27/h5-8,11-12H,4,9-10H2,1-3H3,(H,21,22)(H,19,20,25). The van der Waals surface area contributed by atoms with Crippen LogP contribution in [0.2, 0.25) is 0 Å². The van der Waals surface area contributed by atoms with Crippen molar-refractivity contribution in [1.29, 1.82) is 0 Å². The van der Waals surface area contributed by atoms with Gasteiger partial charge in [-0.05, 0) is 24.0 Å². The zero-order valence-corrected chi connectivity index (χ0v) is 18.0. The average Bonchev–Trinajstić information content (AvgIpc) is 3.25. The van der Waals surface area contributed by atoms with E-state index >= 15 is 0 Å². The van der Waals surface area contributed by atoms with Crippen LogP contribution in [0.4, 0.5) is 16.0 Å². The van der Waals surface area contributed by atoms with E-state index in [0.717, 1.165) is 35.3 Å². The first-order chi connectivity index (χ1) is 13.7. The van der Waals surface area contributed by atoms with Crippen molar-refractivity contribution in [2.45, 2.75) is 32.6 Å². The van der Waals surface area contributed by atoms with Gasteiger partial charge < -0.3 is 10.2 Å². The third kappa shape index (κ3) is 5.10. The zero-order valence-electron chi connectivity index (χ0n) is 16.4. The highest BCUT2D eigenvalue weighted by atomic mass is 32.2. The molecule has 1 saturated heterocycles. The predicted molar refractivity (Wildman–Crippen MR) is 113 cm³/mol. The maximum absolute atomic E-state index is 12.6. The molecule has 1 aromatic heterocycles. The number of nitrogens with one attached hydrogen (secondary N) is 2. The Morgan fingerprint density at radius 1 is 1.31 bits per heavy atom. The zero-order chi connectivity index (χ0) is 21.2. The van der Waals surface area contributed by atoms with Crippen LogP contribution in [0.3, 0.4) is 0 Å². The van der Waals surface area contributed by atoms with Crippen LogP contribution < -0.4 is 14.9 Å². The summed E-state index contributed by atoms with van der Waals surface area (Å²) in [6.07, 6.45) is 2.06. The Hall–Kier alpha value is -2.53. The van der Waals surface area contributed by atoms with Crippen LogP contribution in [0, 0.1) is 5.92 Å². The Kier molecular flexibility index (Phi) is 6.18. The molecule has 9 nitrogen and oxygen atoms in total. The summed E-state index contributed by atoms with van der Waals surface area (Å²) in [6, 6.07) is 7.77.